The minimum absolute atomic E-state index is 0.0273. The van der Waals surface area contributed by atoms with Gasteiger partial charge in [0.05, 0.1) is 42.9 Å². The van der Waals surface area contributed by atoms with Crippen molar-refractivity contribution in [3.63, 3.8) is 0 Å². The largest absolute Gasteiger partial charge is 0.394 e. The Hall–Kier alpha value is -1.06. The van der Waals surface area contributed by atoms with Crippen molar-refractivity contribution in [2.75, 3.05) is 20.3 Å². The highest BCUT2D eigenvalue weighted by atomic mass is 16.7. The average molecular weight is 639 g/mol. The molecule has 6 fully saturated rings. The fourth-order valence-electron chi connectivity index (χ4n) is 10.3. The van der Waals surface area contributed by atoms with Gasteiger partial charge in [0.25, 0.3) is 0 Å². The van der Waals surface area contributed by atoms with Crippen molar-refractivity contribution in [3.8, 4) is 0 Å². The molecular weight excluding hydrogens is 584 g/mol. The summed E-state index contributed by atoms with van der Waals surface area (Å²) in [5.74, 6) is -2.45. The van der Waals surface area contributed by atoms with E-state index in [-0.39, 0.29) is 41.6 Å². The van der Waals surface area contributed by atoms with Gasteiger partial charge < -0.3 is 50.8 Å². The normalized spacial score (nSPS) is 48.8. The van der Waals surface area contributed by atoms with Gasteiger partial charge in [0.1, 0.15) is 36.0 Å². The molecule has 0 aromatic heterocycles. The molecule has 4 aliphatic carbocycles. The monoisotopic (exact) mass is 638 g/mol. The molecule has 2 heterocycles. The highest BCUT2D eigenvalue weighted by Crippen LogP contribution is 2.55. The summed E-state index contributed by atoms with van der Waals surface area (Å²) in [4.78, 5) is 28.6. The second-order valence-corrected chi connectivity index (χ2v) is 15.1. The van der Waals surface area contributed by atoms with Crippen molar-refractivity contribution >= 4 is 11.6 Å². The maximum Gasteiger partial charge on any atom is 0.186 e. The number of hydrogen-bond acceptors (Lipinski definition) is 12. The molecule has 6 aliphatic rings. The zero-order valence-electron chi connectivity index (χ0n) is 26.4. The zero-order chi connectivity index (χ0) is 32.0. The molecular formula is C33H54N2O10. The van der Waals surface area contributed by atoms with E-state index in [0.717, 1.165) is 38.6 Å². The summed E-state index contributed by atoms with van der Waals surface area (Å²) in [7, 11) is 1.55. The first-order valence-electron chi connectivity index (χ1n) is 17.3. The van der Waals surface area contributed by atoms with Gasteiger partial charge in [-0.25, -0.2) is 0 Å². The molecule has 6 rings (SSSR count). The third-order valence-electron chi connectivity index (χ3n) is 12.6. The van der Waals surface area contributed by atoms with Crippen LogP contribution < -0.4 is 11.1 Å². The molecule has 12 heteroatoms. The molecule has 15 unspecified atom stereocenters. The minimum Gasteiger partial charge on any atom is -0.394 e. The lowest BCUT2D eigenvalue weighted by atomic mass is 9.53. The molecule has 0 aromatic rings. The van der Waals surface area contributed by atoms with E-state index in [9.17, 15) is 35.1 Å². The van der Waals surface area contributed by atoms with Gasteiger partial charge in [-0.1, -0.05) is 19.3 Å². The number of ether oxygens (including phenoxy) is 3. The Morgan fingerprint density at radius 3 is 2.31 bits per heavy atom. The Morgan fingerprint density at radius 1 is 0.911 bits per heavy atom. The number of piperidine rings is 1. The standard InChI is InChI=1S/C33H54N2O10/c1-43-18-11-20-26(22(12-18)44-32-31(42)30(41)28(39)23(15-36)45-32)29(40)25-19(27(20)38)9-16(10-21(25)37)13-33(7-3-2-4-8-33)17-5-6-24(34)35-14-17/h16-26,28,30-32,35-37,39,41-42H,2-15,34H2,1H3. The maximum absolute atomic E-state index is 14.3. The molecule has 2 aliphatic heterocycles. The van der Waals surface area contributed by atoms with Crippen LogP contribution in [0.2, 0.25) is 0 Å². The summed E-state index contributed by atoms with van der Waals surface area (Å²) in [5, 5.41) is 55.8. The van der Waals surface area contributed by atoms with Crippen molar-refractivity contribution in [2.45, 2.75) is 132 Å². The number of nitrogens with two attached hydrogens (primary N) is 1. The van der Waals surface area contributed by atoms with Gasteiger partial charge >= 0.3 is 0 Å². The van der Waals surface area contributed by atoms with Crippen LogP contribution in [0.4, 0.5) is 0 Å². The smallest absolute Gasteiger partial charge is 0.186 e. The predicted octanol–water partition coefficient (Wildman–Crippen LogP) is -0.00720. The van der Waals surface area contributed by atoms with Gasteiger partial charge in [0.15, 0.2) is 6.29 Å². The summed E-state index contributed by atoms with van der Waals surface area (Å²) >= 11 is 0. The van der Waals surface area contributed by atoms with E-state index in [1.165, 1.54) is 19.3 Å². The fourth-order valence-corrected chi connectivity index (χ4v) is 10.3. The summed E-state index contributed by atoms with van der Waals surface area (Å²) in [6, 6.07) is 0. The molecule has 2 saturated heterocycles. The van der Waals surface area contributed by atoms with Crippen LogP contribution in [-0.2, 0) is 23.8 Å². The van der Waals surface area contributed by atoms with Crippen molar-refractivity contribution in [2.24, 2.45) is 46.7 Å². The lowest BCUT2D eigenvalue weighted by molar-refractivity contribution is -0.319. The average Bonchev–Trinajstić information content (AvgIpc) is 3.04. The van der Waals surface area contributed by atoms with Gasteiger partial charge in [0, 0.05) is 25.4 Å². The summed E-state index contributed by atoms with van der Waals surface area (Å²) in [6.45, 7) is 0.292. The number of hydrogen-bond donors (Lipinski definition) is 7. The van der Waals surface area contributed by atoms with E-state index in [1.807, 2.05) is 0 Å². The van der Waals surface area contributed by atoms with Crippen LogP contribution in [0.15, 0.2) is 0 Å². The number of carbonyl (C=O) groups is 2. The van der Waals surface area contributed by atoms with Crippen LogP contribution in [0.1, 0.15) is 77.0 Å². The van der Waals surface area contributed by atoms with Crippen molar-refractivity contribution in [1.29, 1.82) is 0 Å². The Balaban J connectivity index is 1.20. The molecule has 12 nitrogen and oxygen atoms in total. The van der Waals surface area contributed by atoms with Gasteiger partial charge in [0.2, 0.25) is 0 Å². The Labute approximate surface area is 265 Å². The molecule has 0 amide bonds. The lowest BCUT2D eigenvalue weighted by Gasteiger charge is -2.53. The number of rotatable bonds is 7. The van der Waals surface area contributed by atoms with E-state index in [4.69, 9.17) is 19.9 Å². The molecule has 0 aromatic carbocycles. The van der Waals surface area contributed by atoms with Crippen molar-refractivity contribution in [1.82, 2.24) is 5.32 Å². The fraction of sp³-hybridized carbons (Fsp3) is 0.939. The predicted molar refractivity (Wildman–Crippen MR) is 160 cm³/mol. The van der Waals surface area contributed by atoms with E-state index >= 15 is 0 Å². The van der Waals surface area contributed by atoms with Gasteiger partial charge in [-0.15, -0.1) is 0 Å². The quantitative estimate of drug-likeness (QED) is 0.197. The van der Waals surface area contributed by atoms with E-state index in [0.29, 0.717) is 25.2 Å². The van der Waals surface area contributed by atoms with Crippen LogP contribution in [-0.4, -0.2) is 113 Å². The van der Waals surface area contributed by atoms with E-state index < -0.39 is 73.2 Å². The Morgan fingerprint density at radius 2 is 1.64 bits per heavy atom. The number of methoxy groups -OCH3 is 1. The summed E-state index contributed by atoms with van der Waals surface area (Å²) < 4.78 is 17.4. The van der Waals surface area contributed by atoms with Gasteiger partial charge in [-0.2, -0.15) is 0 Å². The number of aliphatic hydroxyl groups excluding tert-OH is 5. The van der Waals surface area contributed by atoms with Crippen LogP contribution in [0.3, 0.4) is 0 Å². The molecule has 0 radical (unpaired) electrons. The maximum atomic E-state index is 14.3. The topological polar surface area (TPSA) is 201 Å². The molecule has 45 heavy (non-hydrogen) atoms. The summed E-state index contributed by atoms with van der Waals surface area (Å²) in [6.07, 6.45) is 1.07. The first-order chi connectivity index (χ1) is 21.6. The van der Waals surface area contributed by atoms with Crippen molar-refractivity contribution in [3.05, 3.63) is 0 Å². The van der Waals surface area contributed by atoms with Gasteiger partial charge in [-0.3, -0.25) is 9.59 Å². The Bertz CT molecular complexity index is 1050. The van der Waals surface area contributed by atoms with Gasteiger partial charge in [-0.05, 0) is 75.2 Å². The SMILES string of the molecule is COC1CC(OC2OC(CO)C(O)C(O)C2O)C2C(=O)C3C(O)CC(CC4(C5CCC(N)NC5)CCCCC4)CC3C(=O)C2C1. The molecule has 0 bridgehead atoms. The molecule has 0 spiro atoms. The second kappa shape index (κ2) is 13.8. The number of aliphatic hydroxyl groups is 5. The molecule has 15 atom stereocenters. The van der Waals surface area contributed by atoms with Crippen LogP contribution in [0.25, 0.3) is 0 Å². The lowest BCUT2D eigenvalue weighted by Crippen LogP contribution is -2.63. The number of carbonyl (C=O) groups excluding carboxylic acids is 2. The molecule has 256 valence electrons. The van der Waals surface area contributed by atoms with E-state index in [1.54, 1.807) is 7.11 Å². The number of nitrogens with one attached hydrogen (secondary N) is 1. The summed E-state index contributed by atoms with van der Waals surface area (Å²) in [5.41, 5.74) is 6.31. The van der Waals surface area contributed by atoms with Crippen LogP contribution in [0.5, 0.6) is 0 Å². The second-order valence-electron chi connectivity index (χ2n) is 15.1. The third kappa shape index (κ3) is 6.41. The number of fused-ring (bicyclic) bond motifs is 2. The molecule has 4 saturated carbocycles. The molecule has 8 N–H and O–H groups in total. The number of ketones is 2. The number of Topliss-reactive ketones (excluding diaryl/α,β-unsaturated/α-hetero) is 2. The van der Waals surface area contributed by atoms with Crippen LogP contribution >= 0.6 is 0 Å². The first-order valence-corrected chi connectivity index (χ1v) is 17.3. The van der Waals surface area contributed by atoms with E-state index in [2.05, 4.69) is 5.32 Å². The highest BCUT2D eigenvalue weighted by Gasteiger charge is 2.60. The third-order valence-corrected chi connectivity index (χ3v) is 12.6. The first kappa shape index (κ1) is 33.8. The Kier molecular flexibility index (Phi) is 10.4. The minimum atomic E-state index is -1.63. The zero-order valence-corrected chi connectivity index (χ0v) is 26.4. The van der Waals surface area contributed by atoms with Crippen LogP contribution in [0, 0.1) is 40.9 Å². The highest BCUT2D eigenvalue weighted by molar-refractivity contribution is 6.00. The van der Waals surface area contributed by atoms with Crippen molar-refractivity contribution < 1.29 is 49.3 Å².